The Labute approximate surface area is 123 Å². The summed E-state index contributed by atoms with van der Waals surface area (Å²) >= 11 is 1.60. The lowest BCUT2D eigenvalue weighted by Crippen LogP contribution is -2.22. The number of nitrogen functional groups attached to an aromatic ring is 1. The first kappa shape index (κ1) is 13.6. The van der Waals surface area contributed by atoms with Gasteiger partial charge in [-0.15, -0.1) is 11.3 Å². The van der Waals surface area contributed by atoms with Gasteiger partial charge in [0.15, 0.2) is 0 Å². The highest BCUT2D eigenvalue weighted by molar-refractivity contribution is 7.11. The highest BCUT2D eigenvalue weighted by Crippen LogP contribution is 2.44. The van der Waals surface area contributed by atoms with Crippen LogP contribution in [0.1, 0.15) is 46.3 Å². The molecule has 1 aromatic carbocycles. The van der Waals surface area contributed by atoms with Crippen molar-refractivity contribution in [3.05, 3.63) is 45.4 Å². The van der Waals surface area contributed by atoms with E-state index in [9.17, 15) is 5.11 Å². The van der Waals surface area contributed by atoms with Crippen LogP contribution in [0.3, 0.4) is 0 Å². The number of aliphatic hydroxyl groups excluding tert-OH is 1. The summed E-state index contributed by atoms with van der Waals surface area (Å²) < 4.78 is 0. The van der Waals surface area contributed by atoms with Crippen molar-refractivity contribution < 1.29 is 5.11 Å². The summed E-state index contributed by atoms with van der Waals surface area (Å²) in [5.41, 5.74) is 9.14. The molecule has 106 valence electrons. The number of nitrogens with two attached hydrogens (primary N) is 1. The summed E-state index contributed by atoms with van der Waals surface area (Å²) in [7, 11) is 0. The van der Waals surface area contributed by atoms with E-state index in [4.69, 9.17) is 5.73 Å². The Morgan fingerprint density at radius 2 is 2.25 bits per heavy atom. The zero-order chi connectivity index (χ0) is 14.1. The Hall–Kier alpha value is -1.39. The number of thiazole rings is 1. The number of hydrogen-bond acceptors (Lipinski definition) is 4. The van der Waals surface area contributed by atoms with Crippen molar-refractivity contribution in [2.24, 2.45) is 5.92 Å². The summed E-state index contributed by atoms with van der Waals surface area (Å²) in [5, 5.41) is 10.1. The van der Waals surface area contributed by atoms with Gasteiger partial charge < -0.3 is 10.8 Å². The first-order valence-corrected chi connectivity index (χ1v) is 7.93. The van der Waals surface area contributed by atoms with Gasteiger partial charge in [0.1, 0.15) is 5.01 Å². The second kappa shape index (κ2) is 5.54. The summed E-state index contributed by atoms with van der Waals surface area (Å²) in [5.74, 6) is 0.980. The molecule has 1 aliphatic rings. The molecule has 1 saturated carbocycles. The van der Waals surface area contributed by atoms with E-state index in [-0.39, 0.29) is 6.61 Å². The van der Waals surface area contributed by atoms with Gasteiger partial charge in [-0.3, -0.25) is 0 Å². The zero-order valence-electron chi connectivity index (χ0n) is 11.7. The summed E-state index contributed by atoms with van der Waals surface area (Å²) in [6.07, 6.45) is 3.81. The van der Waals surface area contributed by atoms with Crippen molar-refractivity contribution in [2.75, 3.05) is 5.73 Å². The van der Waals surface area contributed by atoms with E-state index >= 15 is 0 Å². The third kappa shape index (κ3) is 2.45. The molecule has 3 nitrogen and oxygen atoms in total. The second-order valence-corrected chi connectivity index (χ2v) is 6.83. The van der Waals surface area contributed by atoms with E-state index in [1.54, 1.807) is 11.3 Å². The van der Waals surface area contributed by atoms with Crippen LogP contribution in [0.15, 0.2) is 24.3 Å². The molecule has 1 fully saturated rings. The first-order chi connectivity index (χ1) is 9.69. The average Bonchev–Trinajstić information content (AvgIpc) is 2.74. The molecule has 1 aromatic heterocycles. The number of benzene rings is 1. The minimum absolute atomic E-state index is 0.0276. The highest BCUT2D eigenvalue weighted by atomic mass is 32.1. The van der Waals surface area contributed by atoms with Gasteiger partial charge in [0.2, 0.25) is 0 Å². The summed E-state index contributed by atoms with van der Waals surface area (Å²) in [4.78, 5) is 5.88. The maximum Gasteiger partial charge on any atom is 0.119 e. The van der Waals surface area contributed by atoms with Crippen LogP contribution in [0.5, 0.6) is 0 Å². The Morgan fingerprint density at radius 1 is 1.45 bits per heavy atom. The van der Waals surface area contributed by atoms with Gasteiger partial charge in [-0.25, -0.2) is 4.98 Å². The molecule has 0 aliphatic heterocycles. The molecule has 0 saturated heterocycles. The fraction of sp³-hybridized carbons (Fsp3) is 0.438. The second-order valence-electron chi connectivity index (χ2n) is 5.55. The van der Waals surface area contributed by atoms with Gasteiger partial charge in [0, 0.05) is 16.5 Å². The van der Waals surface area contributed by atoms with Crippen molar-refractivity contribution in [1.29, 1.82) is 0 Å². The van der Waals surface area contributed by atoms with Gasteiger partial charge in [0.25, 0.3) is 0 Å². The number of hydrogen-bond donors (Lipinski definition) is 2. The monoisotopic (exact) mass is 288 g/mol. The molecule has 20 heavy (non-hydrogen) atoms. The predicted octanol–water partition coefficient (Wildman–Crippen LogP) is 3.46. The van der Waals surface area contributed by atoms with Crippen LogP contribution in [0.4, 0.5) is 5.69 Å². The van der Waals surface area contributed by atoms with Gasteiger partial charge in [0.05, 0.1) is 12.3 Å². The molecule has 2 aromatic rings. The number of aryl methyl sites for hydroxylation is 1. The first-order valence-electron chi connectivity index (χ1n) is 7.11. The summed E-state index contributed by atoms with van der Waals surface area (Å²) in [6.45, 7) is 2.13. The maximum atomic E-state index is 9.31. The largest absolute Gasteiger partial charge is 0.399 e. The number of anilines is 1. The molecular formula is C16H20N2OS. The quantitative estimate of drug-likeness (QED) is 0.847. The third-order valence-electron chi connectivity index (χ3n) is 4.20. The van der Waals surface area contributed by atoms with Crippen molar-refractivity contribution in [3.8, 4) is 0 Å². The molecular weight excluding hydrogens is 268 g/mol. The molecule has 3 N–H and O–H groups in total. The molecule has 0 amide bonds. The molecule has 0 bridgehead atoms. The van der Waals surface area contributed by atoms with Gasteiger partial charge >= 0.3 is 0 Å². The molecule has 1 aliphatic carbocycles. The Morgan fingerprint density at radius 3 is 2.80 bits per heavy atom. The normalized spacial score (nSPS) is 16.9. The van der Waals surface area contributed by atoms with E-state index in [1.807, 2.05) is 12.1 Å². The lowest BCUT2D eigenvalue weighted by Gasteiger charge is -2.33. The smallest absolute Gasteiger partial charge is 0.119 e. The standard InChI is InChI=1S/C16H20N2OS/c1-10-16(18-14(9-19)20-10)15(11-4-2-5-11)12-6-3-7-13(17)8-12/h3,6-8,11,15,19H,2,4-5,9,17H2,1H3. The van der Waals surface area contributed by atoms with E-state index in [1.165, 1.54) is 29.7 Å². The Kier molecular flexibility index (Phi) is 3.76. The van der Waals surface area contributed by atoms with Gasteiger partial charge in [-0.2, -0.15) is 0 Å². The summed E-state index contributed by atoms with van der Waals surface area (Å²) in [6, 6.07) is 8.16. The van der Waals surface area contributed by atoms with E-state index in [2.05, 4.69) is 24.0 Å². The number of nitrogens with zero attached hydrogens (tertiary/aromatic N) is 1. The van der Waals surface area contributed by atoms with Crippen molar-refractivity contribution in [3.63, 3.8) is 0 Å². The number of aliphatic hydroxyl groups is 1. The van der Waals surface area contributed by atoms with Crippen LogP contribution in [0.2, 0.25) is 0 Å². The fourth-order valence-corrected chi connectivity index (χ4v) is 3.84. The molecule has 3 rings (SSSR count). The highest BCUT2D eigenvalue weighted by Gasteiger charge is 2.32. The number of aromatic nitrogens is 1. The SMILES string of the molecule is Cc1sc(CO)nc1C(c1cccc(N)c1)C1CCC1. The van der Waals surface area contributed by atoms with Crippen LogP contribution < -0.4 is 5.73 Å². The molecule has 0 radical (unpaired) electrons. The van der Waals surface area contributed by atoms with Crippen molar-refractivity contribution in [1.82, 2.24) is 4.98 Å². The zero-order valence-corrected chi connectivity index (χ0v) is 12.5. The molecule has 0 spiro atoms. The molecule has 1 atom stereocenters. The van der Waals surface area contributed by atoms with E-state index < -0.39 is 0 Å². The molecule has 1 unspecified atom stereocenters. The Balaban J connectivity index is 2.03. The van der Waals surface area contributed by atoms with Crippen LogP contribution in [-0.4, -0.2) is 10.1 Å². The van der Waals surface area contributed by atoms with Gasteiger partial charge in [-0.05, 0) is 43.4 Å². The van der Waals surface area contributed by atoms with Crippen LogP contribution in [0.25, 0.3) is 0 Å². The van der Waals surface area contributed by atoms with Crippen molar-refractivity contribution in [2.45, 2.75) is 38.7 Å². The lowest BCUT2D eigenvalue weighted by atomic mass is 9.71. The van der Waals surface area contributed by atoms with Gasteiger partial charge in [-0.1, -0.05) is 18.6 Å². The number of rotatable bonds is 4. The van der Waals surface area contributed by atoms with Crippen molar-refractivity contribution >= 4 is 17.0 Å². The molecule has 4 heteroatoms. The maximum absolute atomic E-state index is 9.31. The van der Waals surface area contributed by atoms with Crippen LogP contribution in [0, 0.1) is 12.8 Å². The molecule has 1 heterocycles. The minimum atomic E-state index is 0.0276. The van der Waals surface area contributed by atoms with Crippen LogP contribution in [-0.2, 0) is 6.61 Å². The van der Waals surface area contributed by atoms with E-state index in [0.717, 1.165) is 16.4 Å². The minimum Gasteiger partial charge on any atom is -0.399 e. The van der Waals surface area contributed by atoms with E-state index in [0.29, 0.717) is 11.8 Å². The topological polar surface area (TPSA) is 59.1 Å². The third-order valence-corrected chi connectivity index (χ3v) is 5.17. The predicted molar refractivity (Wildman–Crippen MR) is 82.8 cm³/mol. The fourth-order valence-electron chi connectivity index (χ4n) is 3.00. The lowest BCUT2D eigenvalue weighted by molar-refractivity contribution is 0.273. The average molecular weight is 288 g/mol. The van der Waals surface area contributed by atoms with Crippen LogP contribution >= 0.6 is 11.3 Å². The Bertz CT molecular complexity index is 604.